The SMILES string of the molecule is CCN(c1ccc(C)cc1)c1cc(C)ccc1C. The highest BCUT2D eigenvalue weighted by molar-refractivity contribution is 5.67. The smallest absolute Gasteiger partial charge is 0.0442 e. The molecular formula is C17H21N. The van der Waals surface area contributed by atoms with Crippen molar-refractivity contribution in [2.24, 2.45) is 0 Å². The minimum absolute atomic E-state index is 0.980. The lowest BCUT2D eigenvalue weighted by atomic mass is 10.1. The summed E-state index contributed by atoms with van der Waals surface area (Å²) in [5.74, 6) is 0. The summed E-state index contributed by atoms with van der Waals surface area (Å²) in [6.45, 7) is 9.62. The molecule has 0 saturated heterocycles. The third kappa shape index (κ3) is 2.56. The lowest BCUT2D eigenvalue weighted by Gasteiger charge is -2.25. The van der Waals surface area contributed by atoms with Crippen molar-refractivity contribution >= 4 is 11.4 Å². The van der Waals surface area contributed by atoms with Gasteiger partial charge in [0.25, 0.3) is 0 Å². The molecule has 0 fully saturated rings. The maximum absolute atomic E-state index is 2.36. The van der Waals surface area contributed by atoms with Gasteiger partial charge in [-0.2, -0.15) is 0 Å². The molecule has 18 heavy (non-hydrogen) atoms. The number of hydrogen-bond acceptors (Lipinski definition) is 1. The van der Waals surface area contributed by atoms with Gasteiger partial charge in [-0.1, -0.05) is 29.8 Å². The molecule has 0 spiro atoms. The van der Waals surface area contributed by atoms with Crippen molar-refractivity contribution in [3.05, 3.63) is 59.2 Å². The van der Waals surface area contributed by atoms with Crippen molar-refractivity contribution in [1.29, 1.82) is 0 Å². The van der Waals surface area contributed by atoms with Crippen LogP contribution in [0.5, 0.6) is 0 Å². The summed E-state index contributed by atoms with van der Waals surface area (Å²) >= 11 is 0. The molecule has 0 atom stereocenters. The first-order valence-electron chi connectivity index (χ1n) is 6.53. The van der Waals surface area contributed by atoms with Gasteiger partial charge in [0.15, 0.2) is 0 Å². The van der Waals surface area contributed by atoms with Crippen molar-refractivity contribution in [2.45, 2.75) is 27.7 Å². The molecule has 0 radical (unpaired) electrons. The molecule has 0 heterocycles. The first-order chi connectivity index (χ1) is 8.61. The molecule has 1 nitrogen and oxygen atoms in total. The summed E-state index contributed by atoms with van der Waals surface area (Å²) in [6.07, 6.45) is 0. The molecule has 0 aromatic heterocycles. The number of aryl methyl sites for hydroxylation is 3. The van der Waals surface area contributed by atoms with E-state index in [1.807, 2.05) is 0 Å². The number of anilines is 2. The van der Waals surface area contributed by atoms with E-state index in [-0.39, 0.29) is 0 Å². The van der Waals surface area contributed by atoms with Crippen molar-refractivity contribution in [1.82, 2.24) is 0 Å². The van der Waals surface area contributed by atoms with Crippen LogP contribution in [-0.4, -0.2) is 6.54 Å². The van der Waals surface area contributed by atoms with Crippen LogP contribution in [0.3, 0.4) is 0 Å². The largest absolute Gasteiger partial charge is 0.342 e. The van der Waals surface area contributed by atoms with Gasteiger partial charge in [-0.3, -0.25) is 0 Å². The molecule has 2 aromatic rings. The van der Waals surface area contributed by atoms with E-state index >= 15 is 0 Å². The molecule has 0 N–H and O–H groups in total. The molecule has 1 heteroatoms. The van der Waals surface area contributed by atoms with E-state index < -0.39 is 0 Å². The Morgan fingerprint density at radius 2 is 1.44 bits per heavy atom. The second-order valence-corrected chi connectivity index (χ2v) is 4.87. The summed E-state index contributed by atoms with van der Waals surface area (Å²) < 4.78 is 0. The minimum Gasteiger partial charge on any atom is -0.342 e. The van der Waals surface area contributed by atoms with Crippen LogP contribution in [0.25, 0.3) is 0 Å². The first kappa shape index (κ1) is 12.7. The molecule has 0 aliphatic rings. The van der Waals surface area contributed by atoms with Crippen LogP contribution in [0.2, 0.25) is 0 Å². The van der Waals surface area contributed by atoms with Gasteiger partial charge in [-0.15, -0.1) is 0 Å². The third-order valence-corrected chi connectivity index (χ3v) is 3.32. The number of hydrogen-bond donors (Lipinski definition) is 0. The normalized spacial score (nSPS) is 10.4. The van der Waals surface area contributed by atoms with Crippen molar-refractivity contribution in [2.75, 3.05) is 11.4 Å². The Balaban J connectivity index is 2.44. The minimum atomic E-state index is 0.980. The predicted molar refractivity (Wildman–Crippen MR) is 79.8 cm³/mol. The molecule has 0 saturated carbocycles. The van der Waals surface area contributed by atoms with E-state index in [9.17, 15) is 0 Å². The average molecular weight is 239 g/mol. The molecular weight excluding hydrogens is 218 g/mol. The van der Waals surface area contributed by atoms with Crippen LogP contribution in [0.15, 0.2) is 42.5 Å². The van der Waals surface area contributed by atoms with E-state index in [4.69, 9.17) is 0 Å². The molecule has 0 aliphatic carbocycles. The van der Waals surface area contributed by atoms with Crippen molar-refractivity contribution in [3.63, 3.8) is 0 Å². The first-order valence-corrected chi connectivity index (χ1v) is 6.53. The lowest BCUT2D eigenvalue weighted by Crippen LogP contribution is -2.17. The average Bonchev–Trinajstić information content (AvgIpc) is 2.37. The molecule has 0 amide bonds. The van der Waals surface area contributed by atoms with E-state index in [0.717, 1.165) is 6.54 Å². The zero-order chi connectivity index (χ0) is 13.1. The summed E-state index contributed by atoms with van der Waals surface area (Å²) in [5, 5.41) is 0. The molecule has 2 aromatic carbocycles. The van der Waals surface area contributed by atoms with E-state index in [1.54, 1.807) is 0 Å². The Morgan fingerprint density at radius 3 is 2.06 bits per heavy atom. The molecule has 0 unspecified atom stereocenters. The highest BCUT2D eigenvalue weighted by Gasteiger charge is 2.09. The van der Waals surface area contributed by atoms with E-state index in [2.05, 4.69) is 75.1 Å². The van der Waals surface area contributed by atoms with Gasteiger partial charge in [0.1, 0.15) is 0 Å². The Hall–Kier alpha value is -1.76. The highest BCUT2D eigenvalue weighted by atomic mass is 15.1. The zero-order valence-electron chi connectivity index (χ0n) is 11.7. The summed E-state index contributed by atoms with van der Waals surface area (Å²) in [5.41, 5.74) is 6.50. The Kier molecular flexibility index (Phi) is 3.71. The van der Waals surface area contributed by atoms with Crippen LogP contribution in [-0.2, 0) is 0 Å². The van der Waals surface area contributed by atoms with E-state index in [0.29, 0.717) is 0 Å². The van der Waals surface area contributed by atoms with Crippen LogP contribution < -0.4 is 4.90 Å². The standard InChI is InChI=1S/C17H21N/c1-5-18(16-10-7-13(2)8-11-16)17-12-14(3)6-9-15(17)4/h6-12H,5H2,1-4H3. The molecule has 0 bridgehead atoms. The Morgan fingerprint density at radius 1 is 0.833 bits per heavy atom. The zero-order valence-corrected chi connectivity index (χ0v) is 11.7. The van der Waals surface area contributed by atoms with Gasteiger partial charge >= 0.3 is 0 Å². The monoisotopic (exact) mass is 239 g/mol. The fourth-order valence-corrected chi connectivity index (χ4v) is 2.23. The molecule has 2 rings (SSSR count). The number of rotatable bonds is 3. The maximum Gasteiger partial charge on any atom is 0.0442 e. The summed E-state index contributed by atoms with van der Waals surface area (Å²) in [6, 6.07) is 15.4. The Labute approximate surface area is 110 Å². The maximum atomic E-state index is 2.36. The van der Waals surface area contributed by atoms with Crippen LogP contribution >= 0.6 is 0 Å². The number of benzene rings is 2. The van der Waals surface area contributed by atoms with Gasteiger partial charge < -0.3 is 4.90 Å². The summed E-state index contributed by atoms with van der Waals surface area (Å²) in [7, 11) is 0. The fourth-order valence-electron chi connectivity index (χ4n) is 2.23. The second-order valence-electron chi connectivity index (χ2n) is 4.87. The fraction of sp³-hybridized carbons (Fsp3) is 0.294. The third-order valence-electron chi connectivity index (χ3n) is 3.32. The topological polar surface area (TPSA) is 3.24 Å². The van der Waals surface area contributed by atoms with Gasteiger partial charge in [-0.05, 0) is 57.0 Å². The highest BCUT2D eigenvalue weighted by Crippen LogP contribution is 2.29. The van der Waals surface area contributed by atoms with Crippen molar-refractivity contribution in [3.8, 4) is 0 Å². The quantitative estimate of drug-likeness (QED) is 0.745. The van der Waals surface area contributed by atoms with E-state index in [1.165, 1.54) is 28.1 Å². The Bertz CT molecular complexity index is 526. The summed E-state index contributed by atoms with van der Waals surface area (Å²) in [4.78, 5) is 2.36. The lowest BCUT2D eigenvalue weighted by molar-refractivity contribution is 1.01. The van der Waals surface area contributed by atoms with Crippen LogP contribution in [0.4, 0.5) is 11.4 Å². The van der Waals surface area contributed by atoms with Gasteiger partial charge in [0, 0.05) is 17.9 Å². The van der Waals surface area contributed by atoms with Gasteiger partial charge in [-0.25, -0.2) is 0 Å². The van der Waals surface area contributed by atoms with Crippen molar-refractivity contribution < 1.29 is 0 Å². The second kappa shape index (κ2) is 5.26. The van der Waals surface area contributed by atoms with Crippen LogP contribution in [0.1, 0.15) is 23.6 Å². The molecule has 94 valence electrons. The van der Waals surface area contributed by atoms with Gasteiger partial charge in [0.2, 0.25) is 0 Å². The predicted octanol–water partition coefficient (Wildman–Crippen LogP) is 4.77. The van der Waals surface area contributed by atoms with Crippen LogP contribution in [0, 0.1) is 20.8 Å². The number of nitrogens with zero attached hydrogens (tertiary/aromatic N) is 1. The van der Waals surface area contributed by atoms with Gasteiger partial charge in [0.05, 0.1) is 0 Å². The molecule has 0 aliphatic heterocycles.